The molecule has 0 amide bonds. The van der Waals surface area contributed by atoms with Crippen molar-refractivity contribution in [2.45, 2.75) is 44.2 Å². The van der Waals surface area contributed by atoms with Crippen molar-refractivity contribution >= 4 is 10.0 Å². The Morgan fingerprint density at radius 3 is 2.52 bits per heavy atom. The van der Waals surface area contributed by atoms with E-state index in [1.54, 1.807) is 28.6 Å². The molecular weight excluding hydrogens is 360 g/mol. The molecule has 1 aliphatic carbocycles. The van der Waals surface area contributed by atoms with Crippen LogP contribution in [0.2, 0.25) is 0 Å². The van der Waals surface area contributed by atoms with Gasteiger partial charge in [0.25, 0.3) is 0 Å². The fraction of sp³-hybridized carbons (Fsp3) is 0.286. The standard InChI is InChI=1S/C21H22N2O3S/c1-15-8-9-16(2)20(12-15)21-13-17(22-26-21)14-23(18-10-11-18)27(24,25)19-6-4-3-5-7-19/h3-9,12-13,18H,10-11,14H2,1-2H3. The van der Waals surface area contributed by atoms with E-state index in [0.717, 1.165) is 29.5 Å². The number of nitrogens with zero attached hydrogens (tertiary/aromatic N) is 2. The first-order valence-corrected chi connectivity index (χ1v) is 10.5. The summed E-state index contributed by atoms with van der Waals surface area (Å²) >= 11 is 0. The van der Waals surface area contributed by atoms with E-state index in [4.69, 9.17) is 4.52 Å². The summed E-state index contributed by atoms with van der Waals surface area (Å²) in [6.07, 6.45) is 1.77. The molecule has 0 spiro atoms. The highest BCUT2D eigenvalue weighted by Crippen LogP contribution is 2.34. The number of aryl methyl sites for hydroxylation is 2. The SMILES string of the molecule is Cc1ccc(C)c(-c2cc(CN(C3CC3)S(=O)(=O)c3ccccc3)no2)c1. The lowest BCUT2D eigenvalue weighted by molar-refractivity contribution is 0.370. The van der Waals surface area contributed by atoms with Gasteiger partial charge >= 0.3 is 0 Å². The van der Waals surface area contributed by atoms with Gasteiger partial charge in [0.2, 0.25) is 10.0 Å². The second-order valence-electron chi connectivity index (χ2n) is 7.10. The van der Waals surface area contributed by atoms with Gasteiger partial charge in [-0.05, 0) is 50.5 Å². The van der Waals surface area contributed by atoms with Crippen LogP contribution in [0.5, 0.6) is 0 Å². The Labute approximate surface area is 159 Å². The number of rotatable bonds is 6. The normalized spacial score (nSPS) is 14.6. The maximum Gasteiger partial charge on any atom is 0.243 e. The molecule has 5 nitrogen and oxygen atoms in total. The minimum Gasteiger partial charge on any atom is -0.356 e. The third-order valence-electron chi connectivity index (χ3n) is 4.84. The summed E-state index contributed by atoms with van der Waals surface area (Å²) in [4.78, 5) is 0.315. The van der Waals surface area contributed by atoms with Crippen molar-refractivity contribution in [2.75, 3.05) is 0 Å². The molecule has 0 N–H and O–H groups in total. The largest absolute Gasteiger partial charge is 0.356 e. The van der Waals surface area contributed by atoms with E-state index in [9.17, 15) is 8.42 Å². The molecule has 0 saturated heterocycles. The molecule has 0 bridgehead atoms. The highest BCUT2D eigenvalue weighted by atomic mass is 32.2. The monoisotopic (exact) mass is 382 g/mol. The molecule has 1 aliphatic rings. The first kappa shape index (κ1) is 17.9. The van der Waals surface area contributed by atoms with E-state index < -0.39 is 10.0 Å². The Morgan fingerprint density at radius 1 is 1.07 bits per heavy atom. The van der Waals surface area contributed by atoms with Crippen LogP contribution in [0.15, 0.2) is 64.0 Å². The van der Waals surface area contributed by atoms with Crippen molar-refractivity contribution in [3.63, 3.8) is 0 Å². The van der Waals surface area contributed by atoms with E-state index >= 15 is 0 Å². The zero-order chi connectivity index (χ0) is 19.0. The predicted octanol–water partition coefficient (Wildman–Crippen LogP) is 4.31. The van der Waals surface area contributed by atoms with Crippen molar-refractivity contribution in [1.29, 1.82) is 0 Å². The minimum atomic E-state index is -3.55. The molecule has 0 atom stereocenters. The van der Waals surface area contributed by atoms with Crippen LogP contribution in [0, 0.1) is 13.8 Å². The molecule has 140 valence electrons. The molecule has 3 aromatic rings. The summed E-state index contributed by atoms with van der Waals surface area (Å²) in [5.41, 5.74) is 3.84. The van der Waals surface area contributed by atoms with Crippen LogP contribution in [-0.4, -0.2) is 23.9 Å². The minimum absolute atomic E-state index is 0.0380. The summed E-state index contributed by atoms with van der Waals surface area (Å²) in [6, 6.07) is 16.6. The van der Waals surface area contributed by atoms with Crippen LogP contribution in [-0.2, 0) is 16.6 Å². The van der Waals surface area contributed by atoms with Crippen molar-refractivity contribution in [1.82, 2.24) is 9.46 Å². The van der Waals surface area contributed by atoms with Gasteiger partial charge in [0.15, 0.2) is 5.76 Å². The zero-order valence-corrected chi connectivity index (χ0v) is 16.2. The molecule has 6 heteroatoms. The van der Waals surface area contributed by atoms with Gasteiger partial charge in [-0.3, -0.25) is 0 Å². The summed E-state index contributed by atoms with van der Waals surface area (Å²) in [5, 5.41) is 4.14. The summed E-state index contributed by atoms with van der Waals surface area (Å²) in [6.45, 7) is 4.27. The maximum absolute atomic E-state index is 13.1. The molecule has 0 unspecified atom stereocenters. The maximum atomic E-state index is 13.1. The van der Waals surface area contributed by atoms with Gasteiger partial charge < -0.3 is 4.52 Å². The first-order chi connectivity index (χ1) is 12.9. The molecule has 1 saturated carbocycles. The van der Waals surface area contributed by atoms with Gasteiger partial charge in [0.05, 0.1) is 17.1 Å². The fourth-order valence-electron chi connectivity index (χ4n) is 3.17. The molecule has 1 fully saturated rings. The van der Waals surface area contributed by atoms with E-state index in [1.165, 1.54) is 0 Å². The smallest absolute Gasteiger partial charge is 0.243 e. The molecule has 27 heavy (non-hydrogen) atoms. The molecule has 4 rings (SSSR count). The Hall–Kier alpha value is -2.44. The van der Waals surface area contributed by atoms with E-state index in [2.05, 4.69) is 17.3 Å². The lowest BCUT2D eigenvalue weighted by Gasteiger charge is -2.20. The number of aromatic nitrogens is 1. The lowest BCUT2D eigenvalue weighted by Crippen LogP contribution is -2.32. The predicted molar refractivity (Wildman–Crippen MR) is 104 cm³/mol. The Bertz CT molecular complexity index is 1050. The molecule has 0 aliphatic heterocycles. The Kier molecular flexibility index (Phi) is 4.61. The fourth-order valence-corrected chi connectivity index (χ4v) is 4.85. The molecule has 1 aromatic heterocycles. The van der Waals surface area contributed by atoms with E-state index in [0.29, 0.717) is 16.3 Å². The van der Waals surface area contributed by atoms with Crippen molar-refractivity contribution in [3.05, 3.63) is 71.4 Å². The second-order valence-corrected chi connectivity index (χ2v) is 8.99. The van der Waals surface area contributed by atoms with Crippen molar-refractivity contribution < 1.29 is 12.9 Å². The zero-order valence-electron chi connectivity index (χ0n) is 15.4. The lowest BCUT2D eigenvalue weighted by atomic mass is 10.0. The second kappa shape index (κ2) is 6.94. The first-order valence-electron chi connectivity index (χ1n) is 9.05. The van der Waals surface area contributed by atoms with Gasteiger partial charge in [0.1, 0.15) is 0 Å². The van der Waals surface area contributed by atoms with Crippen LogP contribution >= 0.6 is 0 Å². The average molecular weight is 382 g/mol. The summed E-state index contributed by atoms with van der Waals surface area (Å²) < 4.78 is 33.2. The Balaban J connectivity index is 1.63. The molecular formula is C21H22N2O3S. The van der Waals surface area contributed by atoms with Crippen LogP contribution in [0.4, 0.5) is 0 Å². The van der Waals surface area contributed by atoms with Crippen molar-refractivity contribution in [3.8, 4) is 11.3 Å². The van der Waals surface area contributed by atoms with Crippen LogP contribution in [0.3, 0.4) is 0 Å². The number of hydrogen-bond donors (Lipinski definition) is 0. The summed E-state index contributed by atoms with van der Waals surface area (Å²) in [7, 11) is -3.55. The van der Waals surface area contributed by atoms with Gasteiger partial charge in [-0.25, -0.2) is 8.42 Å². The number of hydrogen-bond acceptors (Lipinski definition) is 4. The highest BCUT2D eigenvalue weighted by Gasteiger charge is 2.38. The van der Waals surface area contributed by atoms with Crippen LogP contribution in [0.25, 0.3) is 11.3 Å². The molecule has 2 aromatic carbocycles. The third-order valence-corrected chi connectivity index (χ3v) is 6.75. The highest BCUT2D eigenvalue weighted by molar-refractivity contribution is 7.89. The third kappa shape index (κ3) is 3.68. The number of benzene rings is 2. The van der Waals surface area contributed by atoms with E-state index in [-0.39, 0.29) is 12.6 Å². The van der Waals surface area contributed by atoms with Gasteiger partial charge in [0, 0.05) is 17.7 Å². The van der Waals surface area contributed by atoms with Crippen LogP contribution in [0.1, 0.15) is 29.7 Å². The number of sulfonamides is 1. The Morgan fingerprint density at radius 2 is 1.81 bits per heavy atom. The van der Waals surface area contributed by atoms with Crippen LogP contribution < -0.4 is 0 Å². The van der Waals surface area contributed by atoms with Gasteiger partial charge in [-0.1, -0.05) is 41.1 Å². The quantitative estimate of drug-likeness (QED) is 0.637. The topological polar surface area (TPSA) is 63.4 Å². The average Bonchev–Trinajstić information content (AvgIpc) is 3.40. The van der Waals surface area contributed by atoms with Crippen molar-refractivity contribution in [2.24, 2.45) is 0 Å². The summed E-state index contributed by atoms with van der Waals surface area (Å²) in [5.74, 6) is 0.666. The molecule has 0 radical (unpaired) electrons. The van der Waals surface area contributed by atoms with Gasteiger partial charge in [-0.15, -0.1) is 0 Å². The van der Waals surface area contributed by atoms with E-state index in [1.807, 2.05) is 32.0 Å². The molecule has 1 heterocycles. The van der Waals surface area contributed by atoms with Gasteiger partial charge in [-0.2, -0.15) is 4.31 Å².